The van der Waals surface area contributed by atoms with Crippen molar-refractivity contribution >= 4 is 22.7 Å². The summed E-state index contributed by atoms with van der Waals surface area (Å²) in [4.78, 5) is 27.6. The van der Waals surface area contributed by atoms with Crippen molar-refractivity contribution in [2.45, 2.75) is 0 Å². The average molecular weight is 345 g/mol. The van der Waals surface area contributed by atoms with Gasteiger partial charge >= 0.3 is 0 Å². The van der Waals surface area contributed by atoms with E-state index < -0.39 is 5.91 Å². The minimum atomic E-state index is -0.398. The highest BCUT2D eigenvalue weighted by molar-refractivity contribution is 6.07. The molecule has 128 valence electrons. The Morgan fingerprint density at radius 2 is 1.69 bits per heavy atom. The first-order valence-electron chi connectivity index (χ1n) is 7.99. The van der Waals surface area contributed by atoms with Gasteiger partial charge in [-0.25, -0.2) is 4.68 Å². The van der Waals surface area contributed by atoms with Crippen molar-refractivity contribution in [2.75, 3.05) is 0 Å². The van der Waals surface area contributed by atoms with Crippen LogP contribution in [-0.2, 0) is 0 Å². The maximum atomic E-state index is 12.3. The number of hydrogen-bond donors (Lipinski definition) is 3. The first-order chi connectivity index (χ1) is 12.7. The summed E-state index contributed by atoms with van der Waals surface area (Å²) in [6.07, 6.45) is 5.11. The van der Waals surface area contributed by atoms with Crippen molar-refractivity contribution in [3.8, 4) is 5.69 Å². The fourth-order valence-electron chi connectivity index (χ4n) is 2.70. The molecule has 0 aliphatic rings. The van der Waals surface area contributed by atoms with E-state index in [-0.39, 0.29) is 5.91 Å². The largest absolute Gasteiger partial charge is 0.360 e. The number of aromatic nitrogens is 3. The van der Waals surface area contributed by atoms with Gasteiger partial charge in [-0.1, -0.05) is 18.2 Å². The highest BCUT2D eigenvalue weighted by Gasteiger charge is 2.13. The van der Waals surface area contributed by atoms with Crippen LogP contribution in [0.2, 0.25) is 0 Å². The second kappa shape index (κ2) is 6.56. The number of hydrogen-bond acceptors (Lipinski definition) is 3. The van der Waals surface area contributed by atoms with Gasteiger partial charge in [0, 0.05) is 35.1 Å². The number of para-hydroxylation sites is 1. The molecule has 26 heavy (non-hydrogen) atoms. The Morgan fingerprint density at radius 3 is 2.46 bits per heavy atom. The number of nitrogens with one attached hydrogen (secondary N) is 3. The predicted molar refractivity (Wildman–Crippen MR) is 96.8 cm³/mol. The first-order valence-corrected chi connectivity index (χ1v) is 7.99. The van der Waals surface area contributed by atoms with E-state index in [2.05, 4.69) is 20.9 Å². The van der Waals surface area contributed by atoms with E-state index in [9.17, 15) is 9.59 Å². The van der Waals surface area contributed by atoms with E-state index in [0.29, 0.717) is 11.1 Å². The van der Waals surface area contributed by atoms with Crippen molar-refractivity contribution in [1.82, 2.24) is 25.6 Å². The molecule has 0 saturated carbocycles. The third kappa shape index (κ3) is 2.93. The summed E-state index contributed by atoms with van der Waals surface area (Å²) in [5.74, 6) is -0.783. The van der Waals surface area contributed by atoms with Crippen LogP contribution in [0, 0.1) is 0 Å². The van der Waals surface area contributed by atoms with Crippen molar-refractivity contribution in [3.63, 3.8) is 0 Å². The van der Waals surface area contributed by atoms with Gasteiger partial charge in [0.1, 0.15) is 0 Å². The molecule has 0 aliphatic heterocycles. The van der Waals surface area contributed by atoms with Crippen LogP contribution >= 0.6 is 0 Å². The molecule has 0 bridgehead atoms. The van der Waals surface area contributed by atoms with E-state index in [1.165, 1.54) is 0 Å². The van der Waals surface area contributed by atoms with Gasteiger partial charge < -0.3 is 4.98 Å². The lowest BCUT2D eigenvalue weighted by Crippen LogP contribution is -2.41. The summed E-state index contributed by atoms with van der Waals surface area (Å²) in [6.45, 7) is 0. The van der Waals surface area contributed by atoms with Gasteiger partial charge in [0.15, 0.2) is 0 Å². The van der Waals surface area contributed by atoms with Gasteiger partial charge in [-0.15, -0.1) is 0 Å². The highest BCUT2D eigenvalue weighted by atomic mass is 16.2. The summed E-state index contributed by atoms with van der Waals surface area (Å²) < 4.78 is 1.69. The zero-order valence-electron chi connectivity index (χ0n) is 13.6. The number of benzene rings is 2. The Labute approximate surface area is 148 Å². The quantitative estimate of drug-likeness (QED) is 0.498. The Hall–Kier alpha value is -3.87. The van der Waals surface area contributed by atoms with Crippen LogP contribution in [0.15, 0.2) is 73.2 Å². The Morgan fingerprint density at radius 1 is 0.923 bits per heavy atom. The average Bonchev–Trinajstić information content (AvgIpc) is 3.36. The third-order valence-corrected chi connectivity index (χ3v) is 4.02. The molecule has 0 spiro atoms. The molecule has 0 saturated heterocycles. The van der Waals surface area contributed by atoms with Crippen LogP contribution in [0.5, 0.6) is 0 Å². The molecule has 2 amide bonds. The molecule has 0 fully saturated rings. The van der Waals surface area contributed by atoms with Gasteiger partial charge in [0.05, 0.1) is 11.3 Å². The maximum Gasteiger partial charge on any atom is 0.271 e. The van der Waals surface area contributed by atoms with Gasteiger partial charge in [-0.3, -0.25) is 20.4 Å². The summed E-state index contributed by atoms with van der Waals surface area (Å²) in [5, 5.41) is 4.92. The smallest absolute Gasteiger partial charge is 0.271 e. The monoisotopic (exact) mass is 345 g/mol. The number of nitrogens with zero attached hydrogens (tertiary/aromatic N) is 2. The molecule has 0 aliphatic carbocycles. The molecule has 2 aromatic carbocycles. The number of rotatable bonds is 3. The number of amides is 2. The lowest BCUT2D eigenvalue weighted by molar-refractivity contribution is 0.0847. The van der Waals surface area contributed by atoms with Gasteiger partial charge in [0.25, 0.3) is 11.8 Å². The molecule has 0 unspecified atom stereocenters. The fraction of sp³-hybridized carbons (Fsp3) is 0. The zero-order valence-corrected chi connectivity index (χ0v) is 13.6. The maximum absolute atomic E-state index is 12.3. The minimum Gasteiger partial charge on any atom is -0.360 e. The van der Waals surface area contributed by atoms with E-state index in [1.807, 2.05) is 36.5 Å². The number of aromatic amines is 1. The summed E-state index contributed by atoms with van der Waals surface area (Å²) in [7, 11) is 0. The fourth-order valence-corrected chi connectivity index (χ4v) is 2.70. The summed E-state index contributed by atoms with van der Waals surface area (Å²) in [6, 6.07) is 16.2. The third-order valence-electron chi connectivity index (χ3n) is 4.02. The molecule has 4 rings (SSSR count). The Kier molecular flexibility index (Phi) is 3.95. The van der Waals surface area contributed by atoms with E-state index in [4.69, 9.17) is 0 Å². The highest BCUT2D eigenvalue weighted by Crippen LogP contribution is 2.17. The molecule has 7 nitrogen and oxygen atoms in total. The second-order valence-corrected chi connectivity index (χ2v) is 5.65. The van der Waals surface area contributed by atoms with E-state index in [0.717, 1.165) is 16.6 Å². The van der Waals surface area contributed by atoms with Crippen LogP contribution in [0.3, 0.4) is 0 Å². The standard InChI is InChI=1S/C19H15N5O2/c25-18(13-6-8-14(9-7-13)24-11-3-10-21-24)22-23-19(26)16-12-20-17-5-2-1-4-15(16)17/h1-12,20H,(H,22,25)(H,23,26). The van der Waals surface area contributed by atoms with Gasteiger partial charge in [-0.2, -0.15) is 5.10 Å². The minimum absolute atomic E-state index is 0.385. The number of carbonyl (C=O) groups is 2. The zero-order chi connectivity index (χ0) is 17.9. The molecular formula is C19H15N5O2. The van der Waals surface area contributed by atoms with Crippen LogP contribution in [0.4, 0.5) is 0 Å². The van der Waals surface area contributed by atoms with Gasteiger partial charge in [0.2, 0.25) is 0 Å². The van der Waals surface area contributed by atoms with Crippen LogP contribution < -0.4 is 10.9 Å². The number of carbonyl (C=O) groups excluding carboxylic acids is 2. The van der Waals surface area contributed by atoms with Crippen molar-refractivity contribution in [2.24, 2.45) is 0 Å². The topological polar surface area (TPSA) is 91.8 Å². The lowest BCUT2D eigenvalue weighted by atomic mass is 10.2. The second-order valence-electron chi connectivity index (χ2n) is 5.65. The molecule has 2 aromatic heterocycles. The van der Waals surface area contributed by atoms with E-state index >= 15 is 0 Å². The van der Waals surface area contributed by atoms with Gasteiger partial charge in [-0.05, 0) is 36.4 Å². The Balaban J connectivity index is 1.43. The van der Waals surface area contributed by atoms with Crippen LogP contribution in [0.25, 0.3) is 16.6 Å². The first kappa shape index (κ1) is 15.6. The summed E-state index contributed by atoms with van der Waals surface area (Å²) >= 11 is 0. The van der Waals surface area contributed by atoms with Crippen molar-refractivity contribution in [3.05, 3.63) is 84.3 Å². The number of fused-ring (bicyclic) bond motifs is 1. The molecule has 3 N–H and O–H groups in total. The normalized spacial score (nSPS) is 10.6. The predicted octanol–water partition coefficient (Wildman–Crippen LogP) is 2.43. The molecule has 0 radical (unpaired) electrons. The summed E-state index contributed by atoms with van der Waals surface area (Å²) in [5.41, 5.74) is 7.47. The molecule has 4 aromatic rings. The SMILES string of the molecule is O=C(NNC(=O)c1c[nH]c2ccccc12)c1ccc(-n2cccn2)cc1. The number of H-pyrrole nitrogens is 1. The lowest BCUT2D eigenvalue weighted by Gasteiger charge is -2.08. The van der Waals surface area contributed by atoms with Crippen LogP contribution in [-0.4, -0.2) is 26.6 Å². The van der Waals surface area contributed by atoms with Crippen LogP contribution in [0.1, 0.15) is 20.7 Å². The molecule has 2 heterocycles. The van der Waals surface area contributed by atoms with E-state index in [1.54, 1.807) is 41.3 Å². The number of hydrazine groups is 1. The van der Waals surface area contributed by atoms with Crippen molar-refractivity contribution in [1.29, 1.82) is 0 Å². The molecule has 0 atom stereocenters. The molecular weight excluding hydrogens is 330 g/mol. The molecule has 7 heteroatoms. The van der Waals surface area contributed by atoms with Crippen molar-refractivity contribution < 1.29 is 9.59 Å². The Bertz CT molecular complexity index is 1060.